The van der Waals surface area contributed by atoms with E-state index in [1.165, 1.54) is 6.07 Å². The van der Waals surface area contributed by atoms with E-state index in [9.17, 15) is 9.59 Å². The fourth-order valence-electron chi connectivity index (χ4n) is 2.33. The van der Waals surface area contributed by atoms with E-state index in [1.54, 1.807) is 19.2 Å². The molecule has 8 heteroatoms. The highest BCUT2D eigenvalue weighted by molar-refractivity contribution is 6.34. The molecule has 0 saturated carbocycles. The van der Waals surface area contributed by atoms with Crippen molar-refractivity contribution in [3.8, 4) is 0 Å². The zero-order chi connectivity index (χ0) is 18.9. The van der Waals surface area contributed by atoms with E-state index in [2.05, 4.69) is 10.6 Å². The van der Waals surface area contributed by atoms with Gasteiger partial charge in [-0.15, -0.1) is 12.4 Å². The Hall–Kier alpha value is -2.12. The van der Waals surface area contributed by atoms with Crippen molar-refractivity contribution >= 4 is 41.5 Å². The molecule has 0 saturated heterocycles. The molecule has 0 bridgehead atoms. The maximum Gasteiger partial charge on any atom is 0.252 e. The summed E-state index contributed by atoms with van der Waals surface area (Å²) in [6, 6.07) is 13.6. The normalized spacial score (nSPS) is 11.2. The molecule has 6 nitrogen and oxygen atoms in total. The molecular formula is C19H23Cl2N3O3. The molecule has 4 N–H and O–H groups in total. The van der Waals surface area contributed by atoms with Gasteiger partial charge in [0.25, 0.3) is 5.91 Å². The summed E-state index contributed by atoms with van der Waals surface area (Å²) in [4.78, 5) is 24.3. The smallest absolute Gasteiger partial charge is 0.252 e. The summed E-state index contributed by atoms with van der Waals surface area (Å²) in [5.41, 5.74) is 7.75. The second-order valence-electron chi connectivity index (χ2n) is 5.73. The minimum atomic E-state index is -0.687. The van der Waals surface area contributed by atoms with Crippen LogP contribution in [0.4, 0.5) is 5.69 Å². The predicted octanol–water partition coefficient (Wildman–Crippen LogP) is 2.65. The van der Waals surface area contributed by atoms with Gasteiger partial charge in [0.2, 0.25) is 5.91 Å². The average Bonchev–Trinajstić information content (AvgIpc) is 2.62. The summed E-state index contributed by atoms with van der Waals surface area (Å²) in [5, 5.41) is 5.66. The zero-order valence-corrected chi connectivity index (χ0v) is 16.5. The van der Waals surface area contributed by atoms with Crippen molar-refractivity contribution in [3.05, 3.63) is 64.7 Å². The number of methoxy groups -OCH3 is 1. The van der Waals surface area contributed by atoms with Crippen LogP contribution >= 0.6 is 24.0 Å². The number of ether oxygens (including phenoxy) is 1. The third-order valence-corrected chi connectivity index (χ3v) is 4.02. The number of carbonyl (C=O) groups excluding carboxylic acids is 2. The van der Waals surface area contributed by atoms with Crippen LogP contribution in [0.15, 0.2) is 48.5 Å². The van der Waals surface area contributed by atoms with Crippen LogP contribution in [-0.2, 0) is 16.0 Å². The van der Waals surface area contributed by atoms with Crippen LogP contribution in [0, 0.1) is 0 Å². The molecule has 0 unspecified atom stereocenters. The summed E-state index contributed by atoms with van der Waals surface area (Å²) in [6.45, 7) is 0.801. The number of anilines is 1. The van der Waals surface area contributed by atoms with Gasteiger partial charge in [-0.3, -0.25) is 9.59 Å². The molecule has 0 spiro atoms. The molecule has 1 atom stereocenters. The first-order valence-electron chi connectivity index (χ1n) is 8.18. The van der Waals surface area contributed by atoms with Gasteiger partial charge in [0, 0.05) is 19.3 Å². The van der Waals surface area contributed by atoms with Crippen molar-refractivity contribution in [3.63, 3.8) is 0 Å². The highest BCUT2D eigenvalue weighted by atomic mass is 35.5. The van der Waals surface area contributed by atoms with Crippen molar-refractivity contribution in [1.82, 2.24) is 5.32 Å². The van der Waals surface area contributed by atoms with Gasteiger partial charge in [-0.25, -0.2) is 0 Å². The molecule has 2 aromatic carbocycles. The molecule has 2 amide bonds. The van der Waals surface area contributed by atoms with Gasteiger partial charge in [-0.1, -0.05) is 41.9 Å². The first kappa shape index (κ1) is 22.9. The maximum absolute atomic E-state index is 12.2. The Balaban J connectivity index is 0.00000364. The fraction of sp³-hybridized carbons (Fsp3) is 0.263. The van der Waals surface area contributed by atoms with Crippen LogP contribution < -0.4 is 16.4 Å². The van der Waals surface area contributed by atoms with Gasteiger partial charge in [0.05, 0.1) is 23.2 Å². The van der Waals surface area contributed by atoms with Gasteiger partial charge in [0.1, 0.15) is 0 Å². The Labute approximate surface area is 169 Å². The Morgan fingerprint density at radius 2 is 1.89 bits per heavy atom. The SMILES string of the molecule is COCCNC(=O)c1ccc(NC(=O)[C@@H](N)Cc2ccccc2)cc1Cl.Cl. The number of amides is 2. The largest absolute Gasteiger partial charge is 0.383 e. The molecular weight excluding hydrogens is 389 g/mol. The van der Waals surface area contributed by atoms with Crippen LogP contribution in [0.2, 0.25) is 5.02 Å². The predicted molar refractivity (Wildman–Crippen MR) is 110 cm³/mol. The summed E-state index contributed by atoms with van der Waals surface area (Å²) in [5.74, 6) is -0.618. The standard InChI is InChI=1S/C19H22ClN3O3.ClH/c1-26-10-9-22-18(24)15-8-7-14(12-16(15)20)23-19(25)17(21)11-13-5-3-2-4-6-13;/h2-8,12,17H,9-11,21H2,1H3,(H,22,24)(H,23,25);1H/t17-;/m0./s1. The first-order chi connectivity index (χ1) is 12.5. The number of hydrogen-bond acceptors (Lipinski definition) is 4. The van der Waals surface area contributed by atoms with Crippen LogP contribution in [0.25, 0.3) is 0 Å². The summed E-state index contributed by atoms with van der Waals surface area (Å²) >= 11 is 6.16. The van der Waals surface area contributed by atoms with Gasteiger partial charge in [-0.2, -0.15) is 0 Å². The van der Waals surface area contributed by atoms with Gasteiger partial charge in [0.15, 0.2) is 0 Å². The van der Waals surface area contributed by atoms with Crippen LogP contribution in [-0.4, -0.2) is 38.1 Å². The molecule has 146 valence electrons. The Morgan fingerprint density at radius 1 is 1.19 bits per heavy atom. The number of rotatable bonds is 8. The minimum Gasteiger partial charge on any atom is -0.383 e. The van der Waals surface area contributed by atoms with Gasteiger partial charge < -0.3 is 21.1 Å². The summed E-state index contributed by atoms with van der Waals surface area (Å²) < 4.78 is 4.88. The lowest BCUT2D eigenvalue weighted by Gasteiger charge is -2.13. The van der Waals surface area contributed by atoms with Gasteiger partial charge in [-0.05, 0) is 30.2 Å². The van der Waals surface area contributed by atoms with Crippen molar-refractivity contribution in [2.45, 2.75) is 12.5 Å². The quantitative estimate of drug-likeness (QED) is 0.582. The molecule has 0 radical (unpaired) electrons. The molecule has 2 aromatic rings. The van der Waals surface area contributed by atoms with E-state index in [4.69, 9.17) is 22.1 Å². The summed E-state index contributed by atoms with van der Waals surface area (Å²) in [6.07, 6.45) is 0.431. The van der Waals surface area contributed by atoms with Gasteiger partial charge >= 0.3 is 0 Å². The topological polar surface area (TPSA) is 93.5 Å². The van der Waals surface area contributed by atoms with E-state index in [0.29, 0.717) is 30.8 Å². The van der Waals surface area contributed by atoms with E-state index >= 15 is 0 Å². The van der Waals surface area contributed by atoms with Crippen LogP contribution in [0.3, 0.4) is 0 Å². The summed E-state index contributed by atoms with van der Waals surface area (Å²) in [7, 11) is 1.55. The average molecular weight is 412 g/mol. The molecule has 0 aliphatic rings. The number of benzene rings is 2. The number of halogens is 2. The second kappa shape index (κ2) is 11.6. The van der Waals surface area contributed by atoms with E-state index in [1.807, 2.05) is 30.3 Å². The first-order valence-corrected chi connectivity index (χ1v) is 8.56. The van der Waals surface area contributed by atoms with Crippen LogP contribution in [0.5, 0.6) is 0 Å². The third kappa shape index (κ3) is 7.19. The Bertz CT molecular complexity index is 757. The van der Waals surface area contributed by atoms with E-state index < -0.39 is 6.04 Å². The molecule has 2 rings (SSSR count). The highest BCUT2D eigenvalue weighted by Gasteiger charge is 2.16. The van der Waals surface area contributed by atoms with Crippen molar-refractivity contribution < 1.29 is 14.3 Å². The maximum atomic E-state index is 12.2. The molecule has 0 aliphatic heterocycles. The minimum absolute atomic E-state index is 0. The van der Waals surface area contributed by atoms with Crippen LogP contribution in [0.1, 0.15) is 15.9 Å². The molecule has 0 aliphatic carbocycles. The Morgan fingerprint density at radius 3 is 2.52 bits per heavy atom. The van der Waals surface area contributed by atoms with Crippen molar-refractivity contribution in [2.24, 2.45) is 5.73 Å². The van der Waals surface area contributed by atoms with Crippen molar-refractivity contribution in [1.29, 1.82) is 0 Å². The monoisotopic (exact) mass is 411 g/mol. The van der Waals surface area contributed by atoms with E-state index in [0.717, 1.165) is 5.56 Å². The Kier molecular flexibility index (Phi) is 9.82. The molecule has 0 heterocycles. The molecule has 0 aromatic heterocycles. The lowest BCUT2D eigenvalue weighted by atomic mass is 10.1. The lowest BCUT2D eigenvalue weighted by Crippen LogP contribution is -2.37. The number of nitrogens with two attached hydrogens (primary N) is 1. The fourth-order valence-corrected chi connectivity index (χ4v) is 2.60. The molecule has 0 fully saturated rings. The number of hydrogen-bond donors (Lipinski definition) is 3. The van der Waals surface area contributed by atoms with Crippen molar-refractivity contribution in [2.75, 3.05) is 25.6 Å². The molecule has 27 heavy (non-hydrogen) atoms. The highest BCUT2D eigenvalue weighted by Crippen LogP contribution is 2.21. The number of nitrogens with one attached hydrogen (secondary N) is 2. The lowest BCUT2D eigenvalue weighted by molar-refractivity contribution is -0.117. The third-order valence-electron chi connectivity index (χ3n) is 3.71. The number of carbonyl (C=O) groups is 2. The van der Waals surface area contributed by atoms with E-state index in [-0.39, 0.29) is 29.2 Å². The second-order valence-corrected chi connectivity index (χ2v) is 6.14. The zero-order valence-electron chi connectivity index (χ0n) is 14.9.